The molecule has 106 valence electrons. The molecule has 0 spiro atoms. The molecule has 0 aliphatic carbocycles. The monoisotopic (exact) mass is 308 g/mol. The van der Waals surface area contributed by atoms with E-state index >= 15 is 0 Å². The molecule has 0 radical (unpaired) electrons. The fourth-order valence-electron chi connectivity index (χ4n) is 1.94. The number of hydrogen-bond acceptors (Lipinski definition) is 4. The van der Waals surface area contributed by atoms with Crippen molar-refractivity contribution in [3.63, 3.8) is 0 Å². The Balaban J connectivity index is 2.29. The Labute approximate surface area is 120 Å². The molecule has 1 heterocycles. The largest absolute Gasteiger partial charge is 0.276 e. The van der Waals surface area contributed by atoms with Gasteiger partial charge in [0.15, 0.2) is 0 Å². The summed E-state index contributed by atoms with van der Waals surface area (Å²) in [6, 6.07) is 6.95. The van der Waals surface area contributed by atoms with E-state index in [0.29, 0.717) is 11.8 Å². The summed E-state index contributed by atoms with van der Waals surface area (Å²) in [6.45, 7) is 0. The Morgan fingerprint density at radius 3 is 2.43 bits per heavy atom. The number of rotatable bonds is 2. The van der Waals surface area contributed by atoms with Crippen LogP contribution in [0.5, 0.6) is 0 Å². The SMILES string of the molecule is O=c1c2c(F)cc([N+](=O)[O-])cc2sn1-c1ccc(F)cc1. The summed E-state index contributed by atoms with van der Waals surface area (Å²) in [5.74, 6) is -1.41. The van der Waals surface area contributed by atoms with Crippen molar-refractivity contribution >= 4 is 27.3 Å². The zero-order chi connectivity index (χ0) is 15.1. The number of nitro groups is 1. The van der Waals surface area contributed by atoms with Crippen LogP contribution in [0.1, 0.15) is 0 Å². The summed E-state index contributed by atoms with van der Waals surface area (Å²) in [5, 5.41) is 10.5. The second-order valence-electron chi connectivity index (χ2n) is 4.23. The second kappa shape index (κ2) is 4.74. The predicted molar refractivity (Wildman–Crippen MR) is 74.0 cm³/mol. The number of nitrogens with zero attached hydrogens (tertiary/aromatic N) is 2. The second-order valence-corrected chi connectivity index (χ2v) is 5.21. The van der Waals surface area contributed by atoms with Crippen LogP contribution in [0.2, 0.25) is 0 Å². The number of fused-ring (bicyclic) bond motifs is 1. The first-order valence-electron chi connectivity index (χ1n) is 5.73. The van der Waals surface area contributed by atoms with Crippen LogP contribution in [0.15, 0.2) is 41.2 Å². The van der Waals surface area contributed by atoms with E-state index in [9.17, 15) is 23.7 Å². The quantitative estimate of drug-likeness (QED) is 0.539. The van der Waals surface area contributed by atoms with Gasteiger partial charge >= 0.3 is 0 Å². The van der Waals surface area contributed by atoms with Gasteiger partial charge in [-0.1, -0.05) is 11.5 Å². The van der Waals surface area contributed by atoms with E-state index < -0.39 is 27.8 Å². The van der Waals surface area contributed by atoms with Crippen molar-refractivity contribution in [3.05, 3.63) is 68.5 Å². The van der Waals surface area contributed by atoms with Crippen molar-refractivity contribution in [2.24, 2.45) is 0 Å². The van der Waals surface area contributed by atoms with Gasteiger partial charge in [0.2, 0.25) is 0 Å². The highest BCUT2D eigenvalue weighted by Gasteiger charge is 2.18. The van der Waals surface area contributed by atoms with Crippen LogP contribution in [0.25, 0.3) is 15.8 Å². The van der Waals surface area contributed by atoms with Crippen molar-refractivity contribution in [3.8, 4) is 5.69 Å². The number of non-ortho nitro benzene ring substituents is 1. The van der Waals surface area contributed by atoms with Gasteiger partial charge in [-0.2, -0.15) is 0 Å². The first kappa shape index (κ1) is 13.4. The molecule has 5 nitrogen and oxygen atoms in total. The van der Waals surface area contributed by atoms with Gasteiger partial charge in [-0.3, -0.25) is 14.9 Å². The lowest BCUT2D eigenvalue weighted by Gasteiger charge is -1.98. The molecule has 0 unspecified atom stereocenters. The molecule has 0 amide bonds. The smallest absolute Gasteiger partial charge is 0.267 e. The maximum atomic E-state index is 13.9. The van der Waals surface area contributed by atoms with Gasteiger partial charge in [0.1, 0.15) is 11.6 Å². The highest BCUT2D eigenvalue weighted by molar-refractivity contribution is 7.14. The summed E-state index contributed by atoms with van der Waals surface area (Å²) in [4.78, 5) is 22.2. The van der Waals surface area contributed by atoms with Gasteiger partial charge in [0.05, 0.1) is 26.8 Å². The summed E-state index contributed by atoms with van der Waals surface area (Å²) in [7, 11) is 0. The zero-order valence-electron chi connectivity index (χ0n) is 10.2. The summed E-state index contributed by atoms with van der Waals surface area (Å²) < 4.78 is 28.1. The third-order valence-electron chi connectivity index (χ3n) is 2.90. The lowest BCUT2D eigenvalue weighted by Crippen LogP contribution is -2.11. The van der Waals surface area contributed by atoms with Crippen LogP contribution >= 0.6 is 11.5 Å². The van der Waals surface area contributed by atoms with E-state index in [4.69, 9.17) is 0 Å². The number of nitro benzene ring substituents is 1. The first-order valence-corrected chi connectivity index (χ1v) is 6.50. The molecule has 21 heavy (non-hydrogen) atoms. The molecule has 3 rings (SSSR count). The minimum atomic E-state index is -0.943. The molecule has 1 aromatic heterocycles. The van der Waals surface area contributed by atoms with Crippen molar-refractivity contribution < 1.29 is 13.7 Å². The van der Waals surface area contributed by atoms with Gasteiger partial charge in [0.25, 0.3) is 11.2 Å². The highest BCUT2D eigenvalue weighted by atomic mass is 32.1. The summed E-state index contributed by atoms with van der Waals surface area (Å²) in [6.07, 6.45) is 0. The van der Waals surface area contributed by atoms with Crippen molar-refractivity contribution in [1.82, 2.24) is 3.96 Å². The summed E-state index contributed by atoms with van der Waals surface area (Å²) in [5.41, 5.74) is -0.689. The lowest BCUT2D eigenvalue weighted by molar-refractivity contribution is -0.384. The van der Waals surface area contributed by atoms with Gasteiger partial charge < -0.3 is 0 Å². The lowest BCUT2D eigenvalue weighted by atomic mass is 10.2. The number of benzene rings is 2. The van der Waals surface area contributed by atoms with Crippen molar-refractivity contribution in [1.29, 1.82) is 0 Å². The molecule has 0 N–H and O–H groups in total. The Morgan fingerprint density at radius 1 is 1.14 bits per heavy atom. The summed E-state index contributed by atoms with van der Waals surface area (Å²) >= 11 is 0.866. The maximum absolute atomic E-state index is 13.9. The molecule has 0 saturated heterocycles. The molecule has 0 fully saturated rings. The predicted octanol–water partition coefficient (Wildman–Crippen LogP) is 3.24. The van der Waals surface area contributed by atoms with Gasteiger partial charge in [-0.25, -0.2) is 12.7 Å². The molecular weight excluding hydrogens is 302 g/mol. The van der Waals surface area contributed by atoms with E-state index in [1.165, 1.54) is 24.3 Å². The van der Waals surface area contributed by atoms with E-state index in [1.54, 1.807) is 0 Å². The standard InChI is InChI=1S/C13H6F2N2O3S/c14-7-1-3-8(4-2-7)16-13(18)12-10(15)5-9(17(19)20)6-11(12)21-16/h1-6H. The minimum Gasteiger partial charge on any atom is -0.267 e. The topological polar surface area (TPSA) is 65.1 Å². The minimum absolute atomic E-state index is 0.163. The Morgan fingerprint density at radius 2 is 1.81 bits per heavy atom. The van der Waals surface area contributed by atoms with Gasteiger partial charge in [-0.15, -0.1) is 0 Å². The van der Waals surface area contributed by atoms with Crippen LogP contribution in [-0.4, -0.2) is 8.88 Å². The van der Waals surface area contributed by atoms with Crippen molar-refractivity contribution in [2.75, 3.05) is 0 Å². The van der Waals surface area contributed by atoms with Crippen molar-refractivity contribution in [2.45, 2.75) is 0 Å². The molecular formula is C13H6F2N2O3S. The van der Waals surface area contributed by atoms with Crippen LogP contribution in [-0.2, 0) is 0 Å². The molecule has 3 aromatic rings. The molecule has 0 saturated carbocycles. The molecule has 0 aliphatic rings. The average molecular weight is 308 g/mol. The zero-order valence-corrected chi connectivity index (χ0v) is 11.1. The molecule has 8 heteroatoms. The molecule has 2 aromatic carbocycles. The Bertz CT molecular complexity index is 916. The van der Waals surface area contributed by atoms with Crippen LogP contribution in [0.3, 0.4) is 0 Å². The van der Waals surface area contributed by atoms with Gasteiger partial charge in [0, 0.05) is 6.07 Å². The first-order chi connectivity index (χ1) is 9.97. The molecule has 0 atom stereocenters. The fourth-order valence-corrected chi connectivity index (χ4v) is 2.99. The third kappa shape index (κ3) is 2.19. The van der Waals surface area contributed by atoms with E-state index in [1.807, 2.05) is 0 Å². The van der Waals surface area contributed by atoms with Crippen LogP contribution in [0, 0.1) is 21.7 Å². The molecule has 0 bridgehead atoms. The maximum Gasteiger partial charge on any atom is 0.276 e. The highest BCUT2D eigenvalue weighted by Crippen LogP contribution is 2.27. The average Bonchev–Trinajstić information content (AvgIpc) is 2.77. The van der Waals surface area contributed by atoms with E-state index in [0.717, 1.165) is 21.6 Å². The van der Waals surface area contributed by atoms with E-state index in [2.05, 4.69) is 0 Å². The fraction of sp³-hybridized carbons (Fsp3) is 0. The van der Waals surface area contributed by atoms with Crippen LogP contribution in [0.4, 0.5) is 14.5 Å². The number of hydrogen-bond donors (Lipinski definition) is 0. The molecule has 0 aliphatic heterocycles. The Kier molecular flexibility index (Phi) is 3.02. The van der Waals surface area contributed by atoms with E-state index in [-0.39, 0.29) is 10.1 Å². The number of halogens is 2. The normalized spacial score (nSPS) is 11.0. The third-order valence-corrected chi connectivity index (χ3v) is 3.98. The number of aromatic nitrogens is 1. The van der Waals surface area contributed by atoms with Gasteiger partial charge in [-0.05, 0) is 24.3 Å². The Hall–Kier alpha value is -2.61. The van der Waals surface area contributed by atoms with Crippen LogP contribution < -0.4 is 5.56 Å².